The molecule has 0 radical (unpaired) electrons. The first kappa shape index (κ1) is 8.74. The Balaban J connectivity index is 2.70. The first-order chi connectivity index (χ1) is 5.25. The van der Waals surface area contributed by atoms with Gasteiger partial charge in [0.05, 0.1) is 7.11 Å². The number of thiophene rings is 1. The summed E-state index contributed by atoms with van der Waals surface area (Å²) < 4.78 is 4.56. The van der Waals surface area contributed by atoms with Crippen molar-refractivity contribution in [2.75, 3.05) is 7.11 Å². The SMILES string of the molecule is COC(=O)C(Br)c1cccs1. The van der Waals surface area contributed by atoms with Gasteiger partial charge < -0.3 is 4.74 Å². The van der Waals surface area contributed by atoms with Gasteiger partial charge in [0.15, 0.2) is 0 Å². The number of hydrogen-bond acceptors (Lipinski definition) is 3. The normalized spacial score (nSPS) is 12.5. The molecule has 2 nitrogen and oxygen atoms in total. The Morgan fingerprint density at radius 2 is 2.55 bits per heavy atom. The molecule has 0 N–H and O–H groups in total. The number of rotatable bonds is 2. The van der Waals surface area contributed by atoms with E-state index in [0.29, 0.717) is 0 Å². The van der Waals surface area contributed by atoms with E-state index in [0.717, 1.165) is 4.88 Å². The summed E-state index contributed by atoms with van der Waals surface area (Å²) in [5, 5.41) is 1.92. The molecule has 0 amide bonds. The Labute approximate surface area is 77.3 Å². The van der Waals surface area contributed by atoms with Crippen molar-refractivity contribution < 1.29 is 9.53 Å². The van der Waals surface area contributed by atoms with Crippen molar-refractivity contribution in [3.63, 3.8) is 0 Å². The number of carbonyl (C=O) groups excluding carboxylic acids is 1. The van der Waals surface area contributed by atoms with E-state index in [1.807, 2.05) is 17.5 Å². The zero-order valence-electron chi connectivity index (χ0n) is 5.91. The second-order valence-electron chi connectivity index (χ2n) is 1.90. The quantitative estimate of drug-likeness (QED) is 0.581. The lowest BCUT2D eigenvalue weighted by Crippen LogP contribution is -2.06. The molecule has 0 aliphatic rings. The van der Waals surface area contributed by atoms with Crippen LogP contribution in [-0.2, 0) is 9.53 Å². The third-order valence-electron chi connectivity index (χ3n) is 1.20. The Morgan fingerprint density at radius 3 is 3.00 bits per heavy atom. The third kappa shape index (κ3) is 2.04. The molecule has 0 aliphatic heterocycles. The second-order valence-corrected chi connectivity index (χ2v) is 3.80. The van der Waals surface area contributed by atoms with Crippen LogP contribution in [0.15, 0.2) is 17.5 Å². The van der Waals surface area contributed by atoms with Crippen molar-refractivity contribution >= 4 is 33.2 Å². The first-order valence-electron chi connectivity index (χ1n) is 3.01. The van der Waals surface area contributed by atoms with Gasteiger partial charge in [-0.05, 0) is 11.4 Å². The number of alkyl halides is 1. The highest BCUT2D eigenvalue weighted by Crippen LogP contribution is 2.27. The van der Waals surface area contributed by atoms with Crippen LogP contribution in [0.4, 0.5) is 0 Å². The van der Waals surface area contributed by atoms with E-state index in [9.17, 15) is 4.79 Å². The Hall–Kier alpha value is -0.350. The van der Waals surface area contributed by atoms with Crippen LogP contribution in [0.5, 0.6) is 0 Å². The third-order valence-corrected chi connectivity index (χ3v) is 3.31. The van der Waals surface area contributed by atoms with Gasteiger partial charge in [0.25, 0.3) is 0 Å². The molecule has 0 aromatic carbocycles. The predicted molar refractivity (Wildman–Crippen MR) is 48.0 cm³/mol. The van der Waals surface area contributed by atoms with Crippen LogP contribution in [0.3, 0.4) is 0 Å². The van der Waals surface area contributed by atoms with Gasteiger partial charge in [0.2, 0.25) is 0 Å². The van der Waals surface area contributed by atoms with Crippen molar-refractivity contribution in [2.24, 2.45) is 0 Å². The zero-order chi connectivity index (χ0) is 8.27. The Kier molecular flexibility index (Phi) is 3.08. The van der Waals surface area contributed by atoms with E-state index in [4.69, 9.17) is 0 Å². The summed E-state index contributed by atoms with van der Waals surface area (Å²) in [5.74, 6) is -0.257. The highest BCUT2D eigenvalue weighted by atomic mass is 79.9. The number of carbonyl (C=O) groups is 1. The van der Waals surface area contributed by atoms with E-state index in [1.54, 1.807) is 0 Å². The molecule has 0 saturated carbocycles. The second kappa shape index (κ2) is 3.88. The average molecular weight is 235 g/mol. The van der Waals surface area contributed by atoms with Crippen molar-refractivity contribution in [2.45, 2.75) is 4.83 Å². The number of ether oxygens (including phenoxy) is 1. The van der Waals surface area contributed by atoms with Gasteiger partial charge in [-0.3, -0.25) is 4.79 Å². The van der Waals surface area contributed by atoms with Crippen molar-refractivity contribution in [1.29, 1.82) is 0 Å². The van der Waals surface area contributed by atoms with Crippen LogP contribution < -0.4 is 0 Å². The van der Waals surface area contributed by atoms with Gasteiger partial charge >= 0.3 is 5.97 Å². The molecule has 0 bridgehead atoms. The fraction of sp³-hybridized carbons (Fsp3) is 0.286. The average Bonchev–Trinajstić information content (AvgIpc) is 2.53. The largest absolute Gasteiger partial charge is 0.468 e. The van der Waals surface area contributed by atoms with Crippen LogP contribution in [0, 0.1) is 0 Å². The molecule has 4 heteroatoms. The smallest absolute Gasteiger partial charge is 0.324 e. The molecule has 60 valence electrons. The van der Waals surface area contributed by atoms with Gasteiger partial charge in [-0.25, -0.2) is 0 Å². The first-order valence-corrected chi connectivity index (χ1v) is 4.80. The number of methoxy groups -OCH3 is 1. The summed E-state index contributed by atoms with van der Waals surface area (Å²) in [4.78, 5) is 11.6. The van der Waals surface area contributed by atoms with E-state index < -0.39 is 0 Å². The van der Waals surface area contributed by atoms with E-state index >= 15 is 0 Å². The van der Waals surface area contributed by atoms with Gasteiger partial charge in [0.1, 0.15) is 4.83 Å². The minimum Gasteiger partial charge on any atom is -0.468 e. The molecule has 1 rings (SSSR count). The lowest BCUT2D eigenvalue weighted by molar-refractivity contribution is -0.139. The van der Waals surface area contributed by atoms with Crippen molar-refractivity contribution in [1.82, 2.24) is 0 Å². The zero-order valence-corrected chi connectivity index (χ0v) is 8.31. The lowest BCUT2D eigenvalue weighted by atomic mass is 10.3. The molecule has 0 fully saturated rings. The van der Waals surface area contributed by atoms with E-state index in [2.05, 4.69) is 20.7 Å². The number of hydrogen-bond donors (Lipinski definition) is 0. The molecule has 1 aromatic heterocycles. The maximum Gasteiger partial charge on any atom is 0.324 e. The van der Waals surface area contributed by atoms with Gasteiger partial charge in [-0.2, -0.15) is 0 Å². The predicted octanol–water partition coefficient (Wildman–Crippen LogP) is 2.36. The Bertz CT molecular complexity index is 233. The summed E-state index contributed by atoms with van der Waals surface area (Å²) in [6, 6.07) is 3.79. The van der Waals surface area contributed by atoms with Gasteiger partial charge in [-0.1, -0.05) is 22.0 Å². The van der Waals surface area contributed by atoms with E-state index in [-0.39, 0.29) is 10.8 Å². The standard InChI is InChI=1S/C7H7BrO2S/c1-10-7(9)6(8)5-3-2-4-11-5/h2-4,6H,1H3. The maximum atomic E-state index is 10.9. The summed E-state index contributed by atoms with van der Waals surface area (Å²) in [7, 11) is 1.38. The van der Waals surface area contributed by atoms with Crippen LogP contribution in [-0.4, -0.2) is 13.1 Å². The molecule has 0 spiro atoms. The summed E-state index contributed by atoms with van der Waals surface area (Å²) in [6.45, 7) is 0. The molecule has 1 heterocycles. The van der Waals surface area contributed by atoms with Crippen molar-refractivity contribution in [3.8, 4) is 0 Å². The maximum absolute atomic E-state index is 10.9. The summed E-state index contributed by atoms with van der Waals surface area (Å²) in [6.07, 6.45) is 0. The fourth-order valence-corrected chi connectivity index (χ4v) is 2.01. The fourth-order valence-electron chi connectivity index (χ4n) is 0.655. The minimum atomic E-state index is -0.313. The Morgan fingerprint density at radius 1 is 1.82 bits per heavy atom. The number of halogens is 1. The van der Waals surface area contributed by atoms with E-state index in [1.165, 1.54) is 18.4 Å². The molecule has 1 unspecified atom stereocenters. The lowest BCUT2D eigenvalue weighted by Gasteiger charge is -2.03. The molecule has 0 aliphatic carbocycles. The van der Waals surface area contributed by atoms with Crippen LogP contribution in [0.1, 0.15) is 9.70 Å². The van der Waals surface area contributed by atoms with Crippen LogP contribution in [0.25, 0.3) is 0 Å². The highest BCUT2D eigenvalue weighted by Gasteiger charge is 2.17. The van der Waals surface area contributed by atoms with Gasteiger partial charge in [0, 0.05) is 4.88 Å². The van der Waals surface area contributed by atoms with Crippen LogP contribution >= 0.6 is 27.3 Å². The molecule has 0 saturated heterocycles. The topological polar surface area (TPSA) is 26.3 Å². The van der Waals surface area contributed by atoms with Gasteiger partial charge in [-0.15, -0.1) is 11.3 Å². The van der Waals surface area contributed by atoms with Crippen molar-refractivity contribution in [3.05, 3.63) is 22.4 Å². The molecular weight excluding hydrogens is 228 g/mol. The molecule has 1 atom stereocenters. The summed E-state index contributed by atoms with van der Waals surface area (Å²) in [5.41, 5.74) is 0. The van der Waals surface area contributed by atoms with Crippen LogP contribution in [0.2, 0.25) is 0 Å². The molecule has 11 heavy (non-hydrogen) atoms. The number of esters is 1. The molecular formula is C7H7BrO2S. The summed E-state index contributed by atoms with van der Waals surface area (Å²) >= 11 is 4.75. The molecule has 1 aromatic rings. The highest BCUT2D eigenvalue weighted by molar-refractivity contribution is 9.09. The minimum absolute atomic E-state index is 0.257. The monoisotopic (exact) mass is 234 g/mol.